The molecule has 0 spiro atoms. The summed E-state index contributed by atoms with van der Waals surface area (Å²) in [5, 5.41) is 0. The van der Waals surface area contributed by atoms with Crippen LogP contribution in [0.1, 0.15) is 51.4 Å². The first-order chi connectivity index (χ1) is 8.29. The number of rotatable bonds is 4. The minimum atomic E-state index is 0.966. The van der Waals surface area contributed by atoms with Gasteiger partial charge in [-0.2, -0.15) is 0 Å². The van der Waals surface area contributed by atoms with Crippen LogP contribution in [0.15, 0.2) is 22.7 Å². The molecule has 0 aromatic carbocycles. The van der Waals surface area contributed by atoms with E-state index in [0.29, 0.717) is 0 Å². The van der Waals surface area contributed by atoms with Crippen molar-refractivity contribution in [1.29, 1.82) is 0 Å². The average molecular weight is 398 g/mol. The molecule has 1 aliphatic heterocycles. The van der Waals surface area contributed by atoms with Gasteiger partial charge in [-0.1, -0.05) is 0 Å². The van der Waals surface area contributed by atoms with Crippen LogP contribution in [0, 0.1) is 12.5 Å². The van der Waals surface area contributed by atoms with E-state index in [1.54, 1.807) is 6.08 Å². The molecule has 1 aliphatic carbocycles. The predicted octanol–water partition coefficient (Wildman–Crippen LogP) is 3.78. The molecule has 0 N–H and O–H groups in total. The van der Waals surface area contributed by atoms with E-state index in [-0.39, 0.29) is 0 Å². The summed E-state index contributed by atoms with van der Waals surface area (Å²) in [7, 11) is 0. The third-order valence-electron chi connectivity index (χ3n) is 3.79. The van der Waals surface area contributed by atoms with E-state index < -0.39 is 0 Å². The Morgan fingerprint density at radius 1 is 1.29 bits per heavy atom. The van der Waals surface area contributed by atoms with E-state index in [1.165, 1.54) is 79.6 Å². The van der Waals surface area contributed by atoms with Gasteiger partial charge in [-0.05, 0) is 0 Å². The van der Waals surface area contributed by atoms with Gasteiger partial charge in [0.15, 0.2) is 0 Å². The van der Waals surface area contributed by atoms with Gasteiger partial charge in [0.1, 0.15) is 0 Å². The molecule has 0 aromatic rings. The van der Waals surface area contributed by atoms with Gasteiger partial charge >= 0.3 is 116 Å². The summed E-state index contributed by atoms with van der Waals surface area (Å²) < 4.78 is 1.24. The summed E-state index contributed by atoms with van der Waals surface area (Å²) >= 11 is 1.46. The van der Waals surface area contributed by atoms with Gasteiger partial charge < -0.3 is 0 Å². The zero-order valence-corrected chi connectivity index (χ0v) is 13.3. The Morgan fingerprint density at radius 3 is 2.76 bits per heavy atom. The standard InChI is InChI=1S/C15H20N.W/c1-2-6-14-11-15(16-12-14)10-9-13-7-4-3-5-8-13;/h1-2,6,13H,3-5,7-11H2;/q-1;. The van der Waals surface area contributed by atoms with Crippen LogP contribution in [0.3, 0.4) is 0 Å². The van der Waals surface area contributed by atoms with Crippen LogP contribution in [0.2, 0.25) is 0 Å². The number of hydrogen-bond donors (Lipinski definition) is 0. The summed E-state index contributed by atoms with van der Waals surface area (Å²) in [4.78, 5) is 4.70. The molecule has 0 saturated heterocycles. The van der Waals surface area contributed by atoms with Crippen molar-refractivity contribution >= 4 is 9.73 Å². The Bertz CT molecular complexity index is 359. The van der Waals surface area contributed by atoms with Crippen molar-refractivity contribution in [1.82, 2.24) is 0 Å². The Balaban J connectivity index is 1.80. The second-order valence-corrected chi connectivity index (χ2v) is 6.48. The molecule has 2 rings (SSSR count). The number of hydrogen-bond acceptors (Lipinski definition) is 1. The van der Waals surface area contributed by atoms with E-state index in [1.807, 2.05) is 6.08 Å². The fourth-order valence-corrected chi connectivity index (χ4v) is 3.76. The van der Waals surface area contributed by atoms with Crippen LogP contribution in [-0.4, -0.2) is 9.73 Å². The second kappa shape index (κ2) is 6.59. The molecule has 92 valence electrons. The Kier molecular flexibility index (Phi) is 5.10. The minimum absolute atomic E-state index is 0.966. The van der Waals surface area contributed by atoms with Crippen LogP contribution < -0.4 is 0 Å². The van der Waals surface area contributed by atoms with Gasteiger partial charge in [-0.25, -0.2) is 0 Å². The average Bonchev–Trinajstić information content (AvgIpc) is 2.70. The number of nitrogens with zero attached hydrogens (tertiary/aromatic N) is 1. The molecule has 2 heteroatoms. The van der Waals surface area contributed by atoms with E-state index in [4.69, 9.17) is 11.6 Å². The molecular weight excluding hydrogens is 378 g/mol. The molecule has 0 aromatic heterocycles. The van der Waals surface area contributed by atoms with E-state index >= 15 is 0 Å². The fourth-order valence-electron chi connectivity index (χ4n) is 2.79. The molecule has 0 unspecified atom stereocenters. The zero-order valence-electron chi connectivity index (χ0n) is 10.3. The van der Waals surface area contributed by atoms with Crippen molar-refractivity contribution in [2.75, 3.05) is 0 Å². The van der Waals surface area contributed by atoms with Gasteiger partial charge in [0, 0.05) is 0 Å². The molecule has 1 heterocycles. The first kappa shape index (κ1) is 13.1. The summed E-state index contributed by atoms with van der Waals surface area (Å²) in [6.45, 7) is 5.45. The van der Waals surface area contributed by atoms with Crippen molar-refractivity contribution in [3.63, 3.8) is 0 Å². The number of allylic oxidation sites excluding steroid dienone is 2. The quantitative estimate of drug-likeness (QED) is 0.640. The second-order valence-electron chi connectivity index (χ2n) is 5.09. The summed E-state index contributed by atoms with van der Waals surface area (Å²) in [6.07, 6.45) is 14.5. The molecule has 0 atom stereocenters. The van der Waals surface area contributed by atoms with Crippen LogP contribution in [0.4, 0.5) is 0 Å². The third-order valence-corrected chi connectivity index (χ3v) is 5.06. The summed E-state index contributed by atoms with van der Waals surface area (Å²) in [5.74, 6) is 0.966. The van der Waals surface area contributed by atoms with Crippen molar-refractivity contribution in [3.05, 3.63) is 24.3 Å². The van der Waals surface area contributed by atoms with E-state index in [0.717, 1.165) is 12.3 Å². The monoisotopic (exact) mass is 398 g/mol. The van der Waals surface area contributed by atoms with E-state index in [2.05, 4.69) is 0 Å². The van der Waals surface area contributed by atoms with E-state index in [9.17, 15) is 0 Å². The van der Waals surface area contributed by atoms with Gasteiger partial charge in [-0.3, -0.25) is 0 Å². The molecule has 0 bridgehead atoms. The van der Waals surface area contributed by atoms with Crippen molar-refractivity contribution in [2.24, 2.45) is 10.9 Å². The zero-order chi connectivity index (χ0) is 12.1. The molecule has 1 nitrogen and oxygen atoms in total. The van der Waals surface area contributed by atoms with Crippen LogP contribution in [0.5, 0.6) is 0 Å². The van der Waals surface area contributed by atoms with Crippen molar-refractivity contribution < 1.29 is 19.4 Å². The Hall–Kier alpha value is -0.292. The molecule has 17 heavy (non-hydrogen) atoms. The fraction of sp³-hybridized carbons (Fsp3) is 0.600. The van der Waals surface area contributed by atoms with Gasteiger partial charge in [0.05, 0.1) is 0 Å². The summed E-state index contributed by atoms with van der Waals surface area (Å²) in [6, 6.07) is 0. The van der Waals surface area contributed by atoms with Gasteiger partial charge in [-0.15, -0.1) is 0 Å². The molecule has 0 amide bonds. The Labute approximate surface area is 116 Å². The van der Waals surface area contributed by atoms with Crippen molar-refractivity contribution in [2.45, 2.75) is 51.4 Å². The Morgan fingerprint density at radius 2 is 2.06 bits per heavy atom. The van der Waals surface area contributed by atoms with Gasteiger partial charge in [0.2, 0.25) is 0 Å². The van der Waals surface area contributed by atoms with Crippen LogP contribution in [0.25, 0.3) is 0 Å². The van der Waals surface area contributed by atoms with Crippen molar-refractivity contribution in [3.8, 4) is 0 Å². The molecule has 1 fully saturated rings. The normalized spacial score (nSPS) is 24.1. The maximum atomic E-state index is 5.45. The van der Waals surface area contributed by atoms with Crippen LogP contribution in [-0.2, 0) is 19.4 Å². The molecule has 1 saturated carbocycles. The predicted molar refractivity (Wildman–Crippen MR) is 69.8 cm³/mol. The first-order valence-corrected chi connectivity index (χ1v) is 8.11. The molecule has 2 aliphatic rings. The molecular formula is C15H20NW-. The van der Waals surface area contributed by atoms with Gasteiger partial charge in [0.25, 0.3) is 0 Å². The summed E-state index contributed by atoms with van der Waals surface area (Å²) in [5.41, 5.74) is 2.72. The molecule has 0 radical (unpaired) electrons. The third kappa shape index (κ3) is 3.84. The topological polar surface area (TPSA) is 12.4 Å². The number of aliphatic imine (C=N–C) groups is 1. The maximum absolute atomic E-state index is 5.45. The van der Waals surface area contributed by atoms with Crippen LogP contribution >= 0.6 is 0 Å². The first-order valence-electron chi connectivity index (χ1n) is 6.64. The SMILES string of the molecule is [CH-]=CC=C1CC(CCC2CCCCC2)=N[C]1=[W].